The molecule has 0 aliphatic carbocycles. The molecule has 0 spiro atoms. The van der Waals surface area contributed by atoms with Gasteiger partial charge in [0.2, 0.25) is 5.91 Å². The van der Waals surface area contributed by atoms with Gasteiger partial charge in [0.1, 0.15) is 0 Å². The van der Waals surface area contributed by atoms with E-state index in [1.54, 1.807) is 16.7 Å². The van der Waals surface area contributed by atoms with E-state index in [-0.39, 0.29) is 5.91 Å². The van der Waals surface area contributed by atoms with E-state index in [4.69, 9.17) is 23.2 Å². The minimum absolute atomic E-state index is 0.114. The summed E-state index contributed by atoms with van der Waals surface area (Å²) < 4.78 is 1.78. The maximum atomic E-state index is 11.1. The number of hydrogen-bond donors (Lipinski definition) is 1. The summed E-state index contributed by atoms with van der Waals surface area (Å²) in [5.41, 5.74) is 3.01. The highest BCUT2D eigenvalue weighted by Crippen LogP contribution is 2.27. The Morgan fingerprint density at radius 3 is 2.81 bits per heavy atom. The fourth-order valence-electron chi connectivity index (χ4n) is 2.12. The summed E-state index contributed by atoms with van der Waals surface area (Å²) in [5.74, 6) is -0.114. The smallest absolute Gasteiger partial charge is 0.221 e. The van der Waals surface area contributed by atoms with Crippen molar-refractivity contribution in [1.29, 1.82) is 0 Å². The Labute approximate surface area is 131 Å². The Morgan fingerprint density at radius 1 is 1.24 bits per heavy atom. The molecule has 1 amide bonds. The van der Waals surface area contributed by atoms with E-state index in [1.165, 1.54) is 6.92 Å². The maximum absolute atomic E-state index is 11.1. The summed E-state index contributed by atoms with van der Waals surface area (Å²) in [6.07, 6.45) is 3.59. The summed E-state index contributed by atoms with van der Waals surface area (Å²) in [6.45, 7) is 1.47. The van der Waals surface area contributed by atoms with Crippen molar-refractivity contribution in [2.24, 2.45) is 0 Å². The first-order valence-corrected chi connectivity index (χ1v) is 7.00. The van der Waals surface area contributed by atoms with Crippen LogP contribution in [0, 0.1) is 0 Å². The normalized spacial score (nSPS) is 10.8. The third kappa shape index (κ3) is 2.86. The first kappa shape index (κ1) is 13.9. The third-order valence-corrected chi connectivity index (χ3v) is 3.44. The van der Waals surface area contributed by atoms with Crippen molar-refractivity contribution < 1.29 is 4.79 Å². The molecule has 4 nitrogen and oxygen atoms in total. The van der Waals surface area contributed by atoms with E-state index >= 15 is 0 Å². The molecule has 3 aromatic rings. The monoisotopic (exact) mass is 319 g/mol. The number of nitrogens with zero attached hydrogens (tertiary/aromatic N) is 2. The number of benzene rings is 1. The van der Waals surface area contributed by atoms with E-state index < -0.39 is 0 Å². The van der Waals surface area contributed by atoms with Crippen LogP contribution in [0.25, 0.3) is 16.9 Å². The summed E-state index contributed by atoms with van der Waals surface area (Å²) in [4.78, 5) is 15.6. The number of carbonyl (C=O) groups is 1. The van der Waals surface area contributed by atoms with Crippen molar-refractivity contribution in [3.63, 3.8) is 0 Å². The molecule has 21 heavy (non-hydrogen) atoms. The van der Waals surface area contributed by atoms with Crippen molar-refractivity contribution in [1.82, 2.24) is 9.38 Å². The second-order valence-electron chi connectivity index (χ2n) is 4.63. The molecule has 2 heterocycles. The van der Waals surface area contributed by atoms with Gasteiger partial charge in [-0.25, -0.2) is 4.98 Å². The number of nitrogens with one attached hydrogen (secondary N) is 1. The van der Waals surface area contributed by atoms with Gasteiger partial charge >= 0.3 is 0 Å². The largest absolute Gasteiger partial charge is 0.326 e. The molecule has 2 aromatic heterocycles. The van der Waals surface area contributed by atoms with Crippen LogP contribution in [-0.4, -0.2) is 15.3 Å². The SMILES string of the molecule is CC(=O)Nc1cccc(-c2cn3cc(Cl)cc(Cl)c3n2)c1. The third-order valence-electron chi connectivity index (χ3n) is 2.95. The number of hydrogen-bond acceptors (Lipinski definition) is 2. The second-order valence-corrected chi connectivity index (χ2v) is 5.47. The predicted octanol–water partition coefficient (Wildman–Crippen LogP) is 4.27. The fraction of sp³-hybridized carbons (Fsp3) is 0.0667. The van der Waals surface area contributed by atoms with E-state index in [0.717, 1.165) is 16.9 Å². The quantitative estimate of drug-likeness (QED) is 0.766. The van der Waals surface area contributed by atoms with Crippen molar-refractivity contribution in [2.45, 2.75) is 6.92 Å². The Kier molecular flexibility index (Phi) is 3.57. The molecule has 0 unspecified atom stereocenters. The Bertz CT molecular complexity index is 842. The van der Waals surface area contributed by atoms with E-state index in [0.29, 0.717) is 15.7 Å². The van der Waals surface area contributed by atoms with Crippen LogP contribution in [0.5, 0.6) is 0 Å². The molecule has 3 rings (SSSR count). The van der Waals surface area contributed by atoms with Crippen molar-refractivity contribution >= 4 is 40.4 Å². The van der Waals surface area contributed by atoms with Crippen molar-refractivity contribution in [3.8, 4) is 11.3 Å². The van der Waals surface area contributed by atoms with Gasteiger partial charge < -0.3 is 9.72 Å². The molecular formula is C15H11Cl2N3O. The molecule has 0 fully saturated rings. The minimum Gasteiger partial charge on any atom is -0.326 e. The molecule has 0 atom stereocenters. The molecule has 6 heteroatoms. The molecule has 0 aliphatic heterocycles. The molecule has 0 saturated carbocycles. The Balaban J connectivity index is 2.08. The van der Waals surface area contributed by atoms with Crippen LogP contribution in [0.1, 0.15) is 6.92 Å². The standard InChI is InChI=1S/C15H11Cl2N3O/c1-9(21)18-12-4-2-3-10(5-12)14-8-20-7-11(16)6-13(17)15(20)19-14/h2-8H,1H3,(H,18,21). The number of rotatable bonds is 2. The number of amides is 1. The highest BCUT2D eigenvalue weighted by Gasteiger charge is 2.09. The lowest BCUT2D eigenvalue weighted by Crippen LogP contribution is -2.05. The zero-order valence-corrected chi connectivity index (χ0v) is 12.6. The van der Waals surface area contributed by atoms with E-state index in [1.807, 2.05) is 30.5 Å². The molecule has 1 aromatic carbocycles. The van der Waals surface area contributed by atoms with Gasteiger partial charge in [0, 0.05) is 30.6 Å². The number of pyridine rings is 1. The minimum atomic E-state index is -0.114. The van der Waals surface area contributed by atoms with Crippen LogP contribution in [0.2, 0.25) is 10.0 Å². The van der Waals surface area contributed by atoms with Gasteiger partial charge in [0.25, 0.3) is 0 Å². The topological polar surface area (TPSA) is 46.4 Å². The highest BCUT2D eigenvalue weighted by atomic mass is 35.5. The van der Waals surface area contributed by atoms with Crippen LogP contribution < -0.4 is 5.32 Å². The van der Waals surface area contributed by atoms with Crippen LogP contribution in [-0.2, 0) is 4.79 Å². The average Bonchev–Trinajstić information content (AvgIpc) is 2.82. The van der Waals surface area contributed by atoms with Crippen LogP contribution in [0.15, 0.2) is 42.7 Å². The Hall–Kier alpha value is -2.04. The number of anilines is 1. The van der Waals surface area contributed by atoms with Crippen LogP contribution in [0.4, 0.5) is 5.69 Å². The predicted molar refractivity (Wildman–Crippen MR) is 85.0 cm³/mol. The van der Waals surface area contributed by atoms with Crippen molar-refractivity contribution in [2.75, 3.05) is 5.32 Å². The van der Waals surface area contributed by atoms with Gasteiger partial charge in [0.05, 0.1) is 15.7 Å². The van der Waals surface area contributed by atoms with E-state index in [2.05, 4.69) is 10.3 Å². The number of fused-ring (bicyclic) bond motifs is 1. The van der Waals surface area contributed by atoms with Gasteiger partial charge in [-0.05, 0) is 18.2 Å². The van der Waals surface area contributed by atoms with E-state index in [9.17, 15) is 4.79 Å². The van der Waals surface area contributed by atoms with Gasteiger partial charge in [-0.15, -0.1) is 0 Å². The van der Waals surface area contributed by atoms with Crippen molar-refractivity contribution in [3.05, 3.63) is 52.8 Å². The van der Waals surface area contributed by atoms with Crippen LogP contribution in [0.3, 0.4) is 0 Å². The first-order valence-electron chi connectivity index (χ1n) is 6.25. The fourth-order valence-corrected chi connectivity index (χ4v) is 2.65. The molecule has 0 aliphatic rings. The second kappa shape index (κ2) is 5.39. The molecule has 106 valence electrons. The summed E-state index contributed by atoms with van der Waals surface area (Å²) >= 11 is 12.1. The van der Waals surface area contributed by atoms with Gasteiger partial charge in [0.15, 0.2) is 5.65 Å². The number of halogens is 2. The first-order chi connectivity index (χ1) is 10.0. The van der Waals surface area contributed by atoms with Gasteiger partial charge in [-0.2, -0.15) is 0 Å². The highest BCUT2D eigenvalue weighted by molar-refractivity contribution is 6.36. The lowest BCUT2D eigenvalue weighted by Gasteiger charge is -2.03. The zero-order valence-electron chi connectivity index (χ0n) is 11.1. The number of imidazole rings is 1. The Morgan fingerprint density at radius 2 is 2.05 bits per heavy atom. The van der Waals surface area contributed by atoms with Gasteiger partial charge in [-0.1, -0.05) is 35.3 Å². The molecule has 0 saturated heterocycles. The maximum Gasteiger partial charge on any atom is 0.221 e. The summed E-state index contributed by atoms with van der Waals surface area (Å²) in [5, 5.41) is 3.79. The summed E-state index contributed by atoms with van der Waals surface area (Å²) in [7, 11) is 0. The average molecular weight is 320 g/mol. The van der Waals surface area contributed by atoms with Crippen LogP contribution >= 0.6 is 23.2 Å². The summed E-state index contributed by atoms with van der Waals surface area (Å²) in [6, 6.07) is 9.12. The number of aromatic nitrogens is 2. The molecule has 0 bridgehead atoms. The zero-order chi connectivity index (χ0) is 15.0. The van der Waals surface area contributed by atoms with Gasteiger partial charge in [-0.3, -0.25) is 4.79 Å². The molecular weight excluding hydrogens is 309 g/mol. The lowest BCUT2D eigenvalue weighted by molar-refractivity contribution is -0.114. The molecule has 1 N–H and O–H groups in total. The molecule has 0 radical (unpaired) electrons. The number of carbonyl (C=O) groups excluding carboxylic acids is 1. The lowest BCUT2D eigenvalue weighted by atomic mass is 10.1.